The van der Waals surface area contributed by atoms with E-state index in [1.165, 1.54) is 0 Å². The largest absolute Gasteiger partial charge is 0.507 e. The fraction of sp³-hybridized carbons (Fsp3) is 0.400. The van der Waals surface area contributed by atoms with Crippen LogP contribution in [0.4, 0.5) is 0 Å². The molecule has 3 nitrogen and oxygen atoms in total. The number of rotatable bonds is 4. The molecule has 1 aromatic heterocycles. The average Bonchev–Trinajstić information content (AvgIpc) is 2.71. The van der Waals surface area contributed by atoms with Crippen molar-refractivity contribution in [3.05, 3.63) is 35.2 Å². The van der Waals surface area contributed by atoms with Crippen LogP contribution in [0.3, 0.4) is 0 Å². The van der Waals surface area contributed by atoms with E-state index in [0.29, 0.717) is 5.75 Å². The summed E-state index contributed by atoms with van der Waals surface area (Å²) in [7, 11) is 0. The molecule has 0 aliphatic heterocycles. The van der Waals surface area contributed by atoms with E-state index in [2.05, 4.69) is 16.9 Å². The van der Waals surface area contributed by atoms with Crippen molar-refractivity contribution in [3.8, 4) is 17.1 Å². The summed E-state index contributed by atoms with van der Waals surface area (Å²) in [5.41, 5.74) is 3.85. The summed E-state index contributed by atoms with van der Waals surface area (Å²) < 4.78 is 0. The Morgan fingerprint density at radius 2 is 2.06 bits per heavy atom. The van der Waals surface area contributed by atoms with Crippen LogP contribution in [0.2, 0.25) is 0 Å². The van der Waals surface area contributed by atoms with Gasteiger partial charge in [-0.1, -0.05) is 25.5 Å². The Kier molecular flexibility index (Phi) is 3.70. The summed E-state index contributed by atoms with van der Waals surface area (Å²) in [6.07, 6.45) is 3.30. The van der Waals surface area contributed by atoms with Crippen LogP contribution in [0.15, 0.2) is 18.2 Å². The Morgan fingerprint density at radius 1 is 1.28 bits per heavy atom. The van der Waals surface area contributed by atoms with E-state index in [0.717, 1.165) is 47.6 Å². The van der Waals surface area contributed by atoms with Gasteiger partial charge in [0.1, 0.15) is 11.6 Å². The number of phenols is 1. The van der Waals surface area contributed by atoms with Gasteiger partial charge >= 0.3 is 0 Å². The first-order valence-electron chi connectivity index (χ1n) is 6.48. The first-order valence-corrected chi connectivity index (χ1v) is 6.48. The van der Waals surface area contributed by atoms with Gasteiger partial charge in [0.2, 0.25) is 0 Å². The molecular formula is C15H20N2O. The summed E-state index contributed by atoms with van der Waals surface area (Å²) in [6.45, 7) is 6.11. The zero-order valence-electron chi connectivity index (χ0n) is 11.2. The van der Waals surface area contributed by atoms with Crippen LogP contribution >= 0.6 is 0 Å². The molecule has 2 rings (SSSR count). The molecule has 0 aliphatic carbocycles. The molecule has 0 unspecified atom stereocenters. The molecule has 0 bridgehead atoms. The smallest absolute Gasteiger partial charge is 0.141 e. The molecule has 0 saturated heterocycles. The fourth-order valence-corrected chi connectivity index (χ4v) is 2.06. The maximum atomic E-state index is 10.1. The minimum Gasteiger partial charge on any atom is -0.507 e. The minimum absolute atomic E-state index is 0.313. The number of H-pyrrole nitrogens is 1. The number of imidazole rings is 1. The topological polar surface area (TPSA) is 48.9 Å². The number of hydrogen-bond donors (Lipinski definition) is 2. The van der Waals surface area contributed by atoms with E-state index in [9.17, 15) is 5.11 Å². The number of hydrogen-bond acceptors (Lipinski definition) is 2. The number of phenolic OH excluding ortho intramolecular Hbond substituents is 1. The van der Waals surface area contributed by atoms with Crippen LogP contribution in [-0.4, -0.2) is 15.1 Å². The molecule has 2 N–H and O–H groups in total. The molecule has 0 saturated carbocycles. The highest BCUT2D eigenvalue weighted by Crippen LogP contribution is 2.30. The maximum Gasteiger partial charge on any atom is 0.141 e. The van der Waals surface area contributed by atoms with E-state index >= 15 is 0 Å². The van der Waals surface area contributed by atoms with E-state index in [4.69, 9.17) is 0 Å². The third-order valence-corrected chi connectivity index (χ3v) is 3.25. The van der Waals surface area contributed by atoms with Crippen LogP contribution in [0, 0.1) is 13.8 Å². The lowest BCUT2D eigenvalue weighted by molar-refractivity contribution is 0.473. The number of nitrogens with one attached hydrogen (secondary N) is 1. The Labute approximate surface area is 108 Å². The zero-order valence-corrected chi connectivity index (χ0v) is 11.2. The maximum absolute atomic E-state index is 10.1. The first kappa shape index (κ1) is 12.7. The summed E-state index contributed by atoms with van der Waals surface area (Å²) in [5.74, 6) is 1.08. The molecule has 0 atom stereocenters. The predicted octanol–water partition coefficient (Wildman–Crippen LogP) is 3.74. The van der Waals surface area contributed by atoms with Crippen LogP contribution in [0.1, 0.15) is 36.7 Å². The molecule has 1 heterocycles. The second-order valence-electron chi connectivity index (χ2n) is 4.73. The number of benzene rings is 1. The predicted molar refractivity (Wildman–Crippen MR) is 73.8 cm³/mol. The molecule has 3 heteroatoms. The molecule has 18 heavy (non-hydrogen) atoms. The second-order valence-corrected chi connectivity index (χ2v) is 4.73. The van der Waals surface area contributed by atoms with Crippen molar-refractivity contribution < 1.29 is 5.11 Å². The number of unbranched alkanes of at least 4 members (excludes halogenated alkanes) is 1. The lowest BCUT2D eigenvalue weighted by Crippen LogP contribution is -1.88. The van der Waals surface area contributed by atoms with E-state index in [1.807, 2.05) is 32.0 Å². The second kappa shape index (κ2) is 5.25. The van der Waals surface area contributed by atoms with Gasteiger partial charge < -0.3 is 10.1 Å². The molecule has 0 fully saturated rings. The molecular weight excluding hydrogens is 224 g/mol. The Bertz CT molecular complexity index is 543. The summed E-state index contributed by atoms with van der Waals surface area (Å²) in [5, 5.41) is 10.1. The van der Waals surface area contributed by atoms with Gasteiger partial charge in [0.15, 0.2) is 0 Å². The highest BCUT2D eigenvalue weighted by atomic mass is 16.3. The van der Waals surface area contributed by atoms with Gasteiger partial charge in [-0.2, -0.15) is 0 Å². The van der Waals surface area contributed by atoms with Crippen molar-refractivity contribution in [1.29, 1.82) is 0 Å². The normalized spacial score (nSPS) is 10.8. The lowest BCUT2D eigenvalue weighted by atomic mass is 10.1. The van der Waals surface area contributed by atoms with Crippen molar-refractivity contribution in [2.75, 3.05) is 0 Å². The number of nitrogens with zero attached hydrogens (tertiary/aromatic N) is 1. The summed E-state index contributed by atoms with van der Waals surface area (Å²) in [6, 6.07) is 5.73. The lowest BCUT2D eigenvalue weighted by Gasteiger charge is -2.03. The molecule has 0 aliphatic rings. The first-order chi connectivity index (χ1) is 8.63. The monoisotopic (exact) mass is 244 g/mol. The van der Waals surface area contributed by atoms with Crippen molar-refractivity contribution in [1.82, 2.24) is 9.97 Å². The van der Waals surface area contributed by atoms with Gasteiger partial charge in [-0.3, -0.25) is 0 Å². The van der Waals surface area contributed by atoms with Crippen molar-refractivity contribution >= 4 is 0 Å². The number of aromatic nitrogens is 2. The molecule has 0 amide bonds. The number of para-hydroxylation sites is 1. The van der Waals surface area contributed by atoms with Gasteiger partial charge in [0, 0.05) is 5.69 Å². The SMILES string of the molecule is CCCCc1nc(-c2cccc(C)c2O)[nH]c1C. The van der Waals surface area contributed by atoms with Crippen molar-refractivity contribution in [2.45, 2.75) is 40.0 Å². The van der Waals surface area contributed by atoms with Crippen LogP contribution in [0.25, 0.3) is 11.4 Å². The molecule has 0 radical (unpaired) electrons. The third kappa shape index (κ3) is 2.40. The average molecular weight is 244 g/mol. The zero-order chi connectivity index (χ0) is 13.1. The van der Waals surface area contributed by atoms with Crippen molar-refractivity contribution in [3.63, 3.8) is 0 Å². The number of aromatic amines is 1. The Hall–Kier alpha value is -1.77. The Morgan fingerprint density at radius 3 is 2.78 bits per heavy atom. The highest BCUT2D eigenvalue weighted by molar-refractivity contribution is 5.66. The van der Waals surface area contributed by atoms with Crippen molar-refractivity contribution in [2.24, 2.45) is 0 Å². The third-order valence-electron chi connectivity index (χ3n) is 3.25. The van der Waals surface area contributed by atoms with Crippen LogP contribution < -0.4 is 0 Å². The van der Waals surface area contributed by atoms with E-state index in [-0.39, 0.29) is 0 Å². The van der Waals surface area contributed by atoms with Crippen LogP contribution in [0.5, 0.6) is 5.75 Å². The molecule has 2 aromatic rings. The molecule has 96 valence electrons. The fourth-order valence-electron chi connectivity index (χ4n) is 2.06. The molecule has 1 aromatic carbocycles. The standard InChI is InChI=1S/C15H20N2O/c1-4-5-9-13-11(3)16-15(17-13)12-8-6-7-10(2)14(12)18/h6-8,18H,4-5,9H2,1-3H3,(H,16,17). The van der Waals surface area contributed by atoms with E-state index < -0.39 is 0 Å². The van der Waals surface area contributed by atoms with E-state index in [1.54, 1.807) is 0 Å². The highest BCUT2D eigenvalue weighted by Gasteiger charge is 2.12. The van der Waals surface area contributed by atoms with Gasteiger partial charge in [-0.15, -0.1) is 0 Å². The quantitative estimate of drug-likeness (QED) is 0.860. The van der Waals surface area contributed by atoms with Gasteiger partial charge in [-0.25, -0.2) is 4.98 Å². The van der Waals surface area contributed by atoms with Gasteiger partial charge in [0.25, 0.3) is 0 Å². The molecule has 0 spiro atoms. The summed E-state index contributed by atoms with van der Waals surface area (Å²) >= 11 is 0. The minimum atomic E-state index is 0.313. The summed E-state index contributed by atoms with van der Waals surface area (Å²) in [4.78, 5) is 7.87. The van der Waals surface area contributed by atoms with Gasteiger partial charge in [-0.05, 0) is 38.3 Å². The van der Waals surface area contributed by atoms with Crippen LogP contribution in [-0.2, 0) is 6.42 Å². The number of aromatic hydroxyl groups is 1. The number of aryl methyl sites for hydroxylation is 3. The van der Waals surface area contributed by atoms with Gasteiger partial charge in [0.05, 0.1) is 11.3 Å². The Balaban J connectivity index is 2.36.